The Morgan fingerprint density at radius 1 is 1.19 bits per heavy atom. The predicted molar refractivity (Wildman–Crippen MR) is 112 cm³/mol. The zero-order chi connectivity index (χ0) is 22.2. The van der Waals surface area contributed by atoms with Gasteiger partial charge < -0.3 is 25.8 Å². The Bertz CT molecular complexity index is 937. The van der Waals surface area contributed by atoms with Gasteiger partial charge >= 0.3 is 12.1 Å². The van der Waals surface area contributed by atoms with E-state index in [0.717, 1.165) is 25.9 Å². The first-order valence-electron chi connectivity index (χ1n) is 9.83. The van der Waals surface area contributed by atoms with Crippen molar-refractivity contribution in [1.82, 2.24) is 19.9 Å². The summed E-state index contributed by atoms with van der Waals surface area (Å²) >= 11 is 0. The maximum Gasteiger partial charge on any atom is 0.437 e. The molecule has 3 heterocycles. The highest BCUT2D eigenvalue weighted by molar-refractivity contribution is 5.87. The van der Waals surface area contributed by atoms with E-state index in [0.29, 0.717) is 35.5 Å². The van der Waals surface area contributed by atoms with Crippen molar-refractivity contribution >= 4 is 18.0 Å². The molecule has 2 aromatic heterocycles. The van der Waals surface area contributed by atoms with Crippen LogP contribution in [0.15, 0.2) is 35.6 Å². The number of aliphatic imine (C=N–C) groups is 1. The van der Waals surface area contributed by atoms with Crippen LogP contribution < -0.4 is 16.2 Å². The first kappa shape index (κ1) is 21.9. The van der Waals surface area contributed by atoms with Crippen molar-refractivity contribution in [1.29, 1.82) is 0 Å². The van der Waals surface area contributed by atoms with Gasteiger partial charge in [0, 0.05) is 38.0 Å². The molecule has 0 saturated carbocycles. The average molecular weight is 427 g/mol. The van der Waals surface area contributed by atoms with Crippen molar-refractivity contribution < 1.29 is 19.1 Å². The lowest BCUT2D eigenvalue weighted by Gasteiger charge is -2.30. The second kappa shape index (κ2) is 10.3. The molecule has 0 aromatic carbocycles. The van der Waals surface area contributed by atoms with E-state index in [4.69, 9.17) is 20.9 Å². The van der Waals surface area contributed by atoms with Crippen LogP contribution in [-0.2, 0) is 16.1 Å². The number of rotatable bonds is 6. The van der Waals surface area contributed by atoms with Crippen LogP contribution in [0.5, 0.6) is 6.01 Å². The fourth-order valence-electron chi connectivity index (χ4n) is 3.12. The molecule has 4 N–H and O–H groups in total. The molecule has 2 amide bonds. The van der Waals surface area contributed by atoms with E-state index in [9.17, 15) is 9.59 Å². The summed E-state index contributed by atoms with van der Waals surface area (Å²) in [4.78, 5) is 40.8. The number of nitrogens with zero attached hydrogens (tertiary/aromatic N) is 5. The van der Waals surface area contributed by atoms with Crippen molar-refractivity contribution in [2.45, 2.75) is 26.4 Å². The summed E-state index contributed by atoms with van der Waals surface area (Å²) in [6, 6.07) is 5.58. The lowest BCUT2D eigenvalue weighted by Crippen LogP contribution is -2.38. The highest BCUT2D eigenvalue weighted by Gasteiger charge is 2.21. The largest absolute Gasteiger partial charge is 0.463 e. The summed E-state index contributed by atoms with van der Waals surface area (Å²) in [7, 11) is 0. The van der Waals surface area contributed by atoms with Gasteiger partial charge in [-0.1, -0.05) is 6.07 Å². The molecule has 1 aliphatic rings. The van der Waals surface area contributed by atoms with E-state index in [1.54, 1.807) is 37.5 Å². The SMILES string of the molecule is CC(=O)N1CCC(COc2ncc(-c3cccc(COC(=O)N=C(N)N)n3)cn2)CC1. The van der Waals surface area contributed by atoms with E-state index in [2.05, 4.69) is 19.9 Å². The van der Waals surface area contributed by atoms with Gasteiger partial charge in [0.05, 0.1) is 18.0 Å². The highest BCUT2D eigenvalue weighted by atomic mass is 16.5. The maximum atomic E-state index is 11.4. The van der Waals surface area contributed by atoms with Gasteiger partial charge in [0.1, 0.15) is 6.61 Å². The number of likely N-dealkylation sites (tertiary alicyclic amines) is 1. The molecule has 1 saturated heterocycles. The zero-order valence-corrected chi connectivity index (χ0v) is 17.2. The summed E-state index contributed by atoms with van der Waals surface area (Å²) < 4.78 is 10.7. The molecule has 0 radical (unpaired) electrons. The molecular formula is C20H25N7O4. The molecule has 164 valence electrons. The van der Waals surface area contributed by atoms with E-state index >= 15 is 0 Å². The first-order chi connectivity index (χ1) is 14.9. The van der Waals surface area contributed by atoms with E-state index < -0.39 is 6.09 Å². The third-order valence-corrected chi connectivity index (χ3v) is 4.80. The number of nitrogens with two attached hydrogens (primary N) is 2. The number of hydrogen-bond donors (Lipinski definition) is 2. The van der Waals surface area contributed by atoms with Gasteiger partial charge in [-0.25, -0.2) is 19.7 Å². The molecule has 31 heavy (non-hydrogen) atoms. The molecule has 0 atom stereocenters. The second-order valence-electron chi connectivity index (χ2n) is 7.12. The van der Waals surface area contributed by atoms with Crippen LogP contribution in [0.25, 0.3) is 11.3 Å². The maximum absolute atomic E-state index is 11.4. The molecule has 1 fully saturated rings. The Labute approximate surface area is 179 Å². The van der Waals surface area contributed by atoms with Crippen LogP contribution in [0.2, 0.25) is 0 Å². The molecule has 0 unspecified atom stereocenters. The number of ether oxygens (including phenoxy) is 2. The van der Waals surface area contributed by atoms with Crippen molar-refractivity contribution in [3.05, 3.63) is 36.3 Å². The number of piperidine rings is 1. The zero-order valence-electron chi connectivity index (χ0n) is 17.2. The number of amides is 2. The van der Waals surface area contributed by atoms with E-state index in [1.165, 1.54) is 0 Å². The molecule has 0 spiro atoms. The molecular weight excluding hydrogens is 402 g/mol. The van der Waals surface area contributed by atoms with Crippen molar-refractivity contribution in [2.75, 3.05) is 19.7 Å². The van der Waals surface area contributed by atoms with E-state index in [-0.39, 0.29) is 18.5 Å². The Balaban J connectivity index is 1.52. The van der Waals surface area contributed by atoms with Crippen molar-refractivity contribution in [3.63, 3.8) is 0 Å². The van der Waals surface area contributed by atoms with Crippen LogP contribution in [0.3, 0.4) is 0 Å². The lowest BCUT2D eigenvalue weighted by atomic mass is 9.98. The van der Waals surface area contributed by atoms with Crippen LogP contribution >= 0.6 is 0 Å². The lowest BCUT2D eigenvalue weighted by molar-refractivity contribution is -0.130. The molecule has 0 bridgehead atoms. The summed E-state index contributed by atoms with van der Waals surface area (Å²) in [5, 5.41) is 0. The third-order valence-electron chi connectivity index (χ3n) is 4.80. The monoisotopic (exact) mass is 427 g/mol. The van der Waals surface area contributed by atoms with Gasteiger partial charge in [-0.15, -0.1) is 4.99 Å². The normalized spacial score (nSPS) is 14.0. The number of carbonyl (C=O) groups excluding carboxylic acids is 2. The number of hydrogen-bond acceptors (Lipinski definition) is 7. The molecule has 1 aliphatic heterocycles. The van der Waals surface area contributed by atoms with Gasteiger partial charge in [0.25, 0.3) is 0 Å². The van der Waals surface area contributed by atoms with Crippen molar-refractivity contribution in [3.8, 4) is 17.3 Å². The predicted octanol–water partition coefficient (Wildman–Crippen LogP) is 1.09. The Morgan fingerprint density at radius 3 is 2.55 bits per heavy atom. The van der Waals surface area contributed by atoms with Crippen molar-refractivity contribution in [2.24, 2.45) is 22.4 Å². The number of guanidine groups is 1. The van der Waals surface area contributed by atoms with Crippen LogP contribution in [0, 0.1) is 5.92 Å². The second-order valence-corrected chi connectivity index (χ2v) is 7.12. The Morgan fingerprint density at radius 2 is 1.90 bits per heavy atom. The van der Waals surface area contributed by atoms with Crippen LogP contribution in [-0.4, -0.2) is 57.5 Å². The Kier molecular flexibility index (Phi) is 7.31. The minimum Gasteiger partial charge on any atom is -0.463 e. The minimum atomic E-state index is -0.885. The number of pyridine rings is 1. The van der Waals surface area contributed by atoms with Crippen LogP contribution in [0.4, 0.5) is 4.79 Å². The highest BCUT2D eigenvalue weighted by Crippen LogP contribution is 2.20. The molecule has 11 heteroatoms. The van der Waals surface area contributed by atoms with Gasteiger partial charge in [-0.3, -0.25) is 4.79 Å². The van der Waals surface area contributed by atoms with E-state index in [1.807, 2.05) is 4.90 Å². The summed E-state index contributed by atoms with van der Waals surface area (Å²) in [6.07, 6.45) is 4.17. The third kappa shape index (κ3) is 6.63. The fraction of sp³-hybridized carbons (Fsp3) is 0.400. The van der Waals surface area contributed by atoms with Gasteiger partial charge in [0.15, 0.2) is 5.96 Å². The topological polar surface area (TPSA) is 159 Å². The molecule has 0 aliphatic carbocycles. The first-order valence-corrected chi connectivity index (χ1v) is 9.83. The molecule has 2 aromatic rings. The van der Waals surface area contributed by atoms with Crippen LogP contribution in [0.1, 0.15) is 25.5 Å². The fourth-order valence-corrected chi connectivity index (χ4v) is 3.12. The summed E-state index contributed by atoms with van der Waals surface area (Å²) in [6.45, 7) is 3.54. The van der Waals surface area contributed by atoms with Gasteiger partial charge in [-0.05, 0) is 30.9 Å². The van der Waals surface area contributed by atoms with Gasteiger partial charge in [-0.2, -0.15) is 0 Å². The molecule has 3 rings (SSSR count). The van der Waals surface area contributed by atoms with Gasteiger partial charge in [0.2, 0.25) is 5.91 Å². The number of aromatic nitrogens is 3. The number of carbonyl (C=O) groups is 2. The quantitative estimate of drug-likeness (QED) is 0.508. The Hall–Kier alpha value is -3.76. The summed E-state index contributed by atoms with van der Waals surface area (Å²) in [5.41, 5.74) is 12.1. The minimum absolute atomic E-state index is 0.0754. The molecule has 11 nitrogen and oxygen atoms in total. The average Bonchev–Trinajstić information content (AvgIpc) is 2.77. The summed E-state index contributed by atoms with van der Waals surface area (Å²) in [5.74, 6) is 0.120. The smallest absolute Gasteiger partial charge is 0.437 e. The standard InChI is InChI=1S/C20H25N7O4/c1-13(28)27-7-5-14(6-8-27)11-30-19-23-9-15(10-24-19)17-4-2-3-16(25-17)12-31-20(29)26-18(21)22/h2-4,9-10,14H,5-8,11-12H2,1H3,(H4,21,22,26,29).